The fourth-order valence-corrected chi connectivity index (χ4v) is 2.29. The predicted molar refractivity (Wildman–Crippen MR) is 55.7 cm³/mol. The Kier molecular flexibility index (Phi) is 3.06. The van der Waals surface area contributed by atoms with Crippen molar-refractivity contribution in [3.05, 3.63) is 0 Å². The second-order valence-corrected chi connectivity index (χ2v) is 4.83. The maximum Gasteiger partial charge on any atom is 0.220 e. The van der Waals surface area contributed by atoms with Gasteiger partial charge in [-0.05, 0) is 50.5 Å². The molecule has 0 aromatic carbocycles. The first-order chi connectivity index (χ1) is 6.78. The summed E-state index contributed by atoms with van der Waals surface area (Å²) < 4.78 is 0. The molecule has 2 rings (SSSR count). The van der Waals surface area contributed by atoms with Gasteiger partial charge in [0.05, 0.1) is 0 Å². The average molecular weight is 196 g/mol. The minimum absolute atomic E-state index is 0.259. The Labute approximate surface area is 85.4 Å². The third-order valence-electron chi connectivity index (χ3n) is 3.41. The molecule has 0 radical (unpaired) electrons. The first-order valence-corrected chi connectivity index (χ1v) is 5.77. The summed E-state index contributed by atoms with van der Waals surface area (Å²) in [6.45, 7) is 0.773. The number of nitrogens with two attached hydrogens (primary N) is 1. The topological polar surface area (TPSA) is 55.1 Å². The Balaban J connectivity index is 1.66. The van der Waals surface area contributed by atoms with Gasteiger partial charge in [0.1, 0.15) is 0 Å². The molecule has 2 aliphatic carbocycles. The minimum Gasteiger partial charge on any atom is -0.353 e. The average Bonchev–Trinajstić information content (AvgIpc) is 2.83. The molecule has 2 fully saturated rings. The van der Waals surface area contributed by atoms with Gasteiger partial charge < -0.3 is 11.1 Å². The van der Waals surface area contributed by atoms with Gasteiger partial charge in [-0.2, -0.15) is 0 Å². The van der Waals surface area contributed by atoms with Gasteiger partial charge in [0, 0.05) is 12.5 Å². The molecule has 0 aromatic heterocycles. The van der Waals surface area contributed by atoms with Crippen molar-refractivity contribution in [3.63, 3.8) is 0 Å². The number of carbonyl (C=O) groups is 1. The first kappa shape index (κ1) is 9.97. The van der Waals surface area contributed by atoms with Crippen LogP contribution in [0.2, 0.25) is 0 Å². The van der Waals surface area contributed by atoms with Crippen LogP contribution in [0, 0.1) is 11.8 Å². The molecule has 2 atom stereocenters. The Bertz CT molecular complexity index is 213. The van der Waals surface area contributed by atoms with E-state index in [1.54, 1.807) is 0 Å². The lowest BCUT2D eigenvalue weighted by Crippen LogP contribution is -2.33. The van der Waals surface area contributed by atoms with Gasteiger partial charge in [-0.1, -0.05) is 0 Å². The van der Waals surface area contributed by atoms with Crippen LogP contribution in [0.1, 0.15) is 38.5 Å². The molecule has 0 aliphatic heterocycles. The molecule has 3 N–H and O–H groups in total. The van der Waals surface area contributed by atoms with Crippen molar-refractivity contribution >= 4 is 5.91 Å². The standard InChI is InChI=1S/C11H20N2O/c12-7-9-3-4-10(5-9)13-11(14)6-8-1-2-8/h8-10H,1-7,12H2,(H,13,14). The van der Waals surface area contributed by atoms with E-state index < -0.39 is 0 Å². The van der Waals surface area contributed by atoms with E-state index in [4.69, 9.17) is 5.73 Å². The Morgan fingerprint density at radius 3 is 2.50 bits per heavy atom. The summed E-state index contributed by atoms with van der Waals surface area (Å²) in [4.78, 5) is 11.5. The van der Waals surface area contributed by atoms with Crippen molar-refractivity contribution < 1.29 is 4.79 Å². The fourth-order valence-electron chi connectivity index (χ4n) is 2.29. The van der Waals surface area contributed by atoms with Crippen molar-refractivity contribution in [1.82, 2.24) is 5.32 Å². The molecule has 0 aromatic rings. The molecule has 2 saturated carbocycles. The van der Waals surface area contributed by atoms with Crippen LogP contribution in [0.25, 0.3) is 0 Å². The lowest BCUT2D eigenvalue weighted by molar-refractivity contribution is -0.122. The maximum absolute atomic E-state index is 11.5. The normalized spacial score (nSPS) is 31.8. The highest BCUT2D eigenvalue weighted by Crippen LogP contribution is 2.32. The highest BCUT2D eigenvalue weighted by Gasteiger charge is 2.28. The molecule has 0 saturated heterocycles. The van der Waals surface area contributed by atoms with Crippen LogP contribution >= 0.6 is 0 Å². The number of carbonyl (C=O) groups excluding carboxylic acids is 1. The SMILES string of the molecule is NCC1CCC(NC(=O)CC2CC2)C1. The monoisotopic (exact) mass is 196 g/mol. The molecule has 0 spiro atoms. The lowest BCUT2D eigenvalue weighted by Gasteiger charge is -2.12. The van der Waals surface area contributed by atoms with Crippen molar-refractivity contribution in [1.29, 1.82) is 0 Å². The summed E-state index contributed by atoms with van der Waals surface area (Å²) in [5.41, 5.74) is 5.60. The summed E-state index contributed by atoms with van der Waals surface area (Å²) in [5.74, 6) is 1.60. The summed E-state index contributed by atoms with van der Waals surface area (Å²) in [6.07, 6.45) is 6.66. The number of nitrogens with one attached hydrogen (secondary N) is 1. The third-order valence-corrected chi connectivity index (χ3v) is 3.41. The van der Waals surface area contributed by atoms with E-state index in [1.165, 1.54) is 19.3 Å². The Morgan fingerprint density at radius 2 is 1.93 bits per heavy atom. The first-order valence-electron chi connectivity index (χ1n) is 5.77. The molecule has 3 nitrogen and oxygen atoms in total. The van der Waals surface area contributed by atoms with Crippen LogP contribution in [0.4, 0.5) is 0 Å². The molecule has 0 heterocycles. The fraction of sp³-hybridized carbons (Fsp3) is 0.909. The van der Waals surface area contributed by atoms with Crippen LogP contribution < -0.4 is 11.1 Å². The van der Waals surface area contributed by atoms with Crippen LogP contribution in [-0.2, 0) is 4.79 Å². The summed E-state index contributed by atoms with van der Waals surface area (Å²) >= 11 is 0. The second-order valence-electron chi connectivity index (χ2n) is 4.83. The zero-order chi connectivity index (χ0) is 9.97. The lowest BCUT2D eigenvalue weighted by atomic mass is 10.1. The smallest absolute Gasteiger partial charge is 0.220 e. The van der Waals surface area contributed by atoms with Crippen molar-refractivity contribution in [2.75, 3.05) is 6.54 Å². The quantitative estimate of drug-likeness (QED) is 0.705. The molecule has 14 heavy (non-hydrogen) atoms. The van der Waals surface area contributed by atoms with Gasteiger partial charge in [-0.25, -0.2) is 0 Å². The van der Waals surface area contributed by atoms with Crippen LogP contribution in [0.15, 0.2) is 0 Å². The molecular formula is C11H20N2O. The zero-order valence-electron chi connectivity index (χ0n) is 8.67. The molecule has 80 valence electrons. The van der Waals surface area contributed by atoms with Crippen molar-refractivity contribution in [2.24, 2.45) is 17.6 Å². The summed E-state index contributed by atoms with van der Waals surface area (Å²) in [7, 11) is 0. The number of hydrogen-bond donors (Lipinski definition) is 2. The van der Waals surface area contributed by atoms with Gasteiger partial charge >= 0.3 is 0 Å². The van der Waals surface area contributed by atoms with E-state index in [9.17, 15) is 4.79 Å². The number of hydrogen-bond acceptors (Lipinski definition) is 2. The third kappa shape index (κ3) is 2.71. The Hall–Kier alpha value is -0.570. The highest BCUT2D eigenvalue weighted by molar-refractivity contribution is 5.76. The van der Waals surface area contributed by atoms with Crippen molar-refractivity contribution in [2.45, 2.75) is 44.6 Å². The van der Waals surface area contributed by atoms with E-state index in [0.29, 0.717) is 17.9 Å². The largest absolute Gasteiger partial charge is 0.353 e. The van der Waals surface area contributed by atoms with E-state index in [2.05, 4.69) is 5.32 Å². The molecule has 1 amide bonds. The maximum atomic E-state index is 11.5. The predicted octanol–water partition coefficient (Wildman–Crippen LogP) is 1.03. The molecule has 2 unspecified atom stereocenters. The van der Waals surface area contributed by atoms with E-state index in [-0.39, 0.29) is 5.91 Å². The highest BCUT2D eigenvalue weighted by atomic mass is 16.1. The van der Waals surface area contributed by atoms with E-state index in [0.717, 1.165) is 25.8 Å². The van der Waals surface area contributed by atoms with Crippen molar-refractivity contribution in [3.8, 4) is 0 Å². The van der Waals surface area contributed by atoms with Crippen LogP contribution in [0.3, 0.4) is 0 Å². The van der Waals surface area contributed by atoms with E-state index in [1.807, 2.05) is 0 Å². The van der Waals surface area contributed by atoms with Gasteiger partial charge in [-0.15, -0.1) is 0 Å². The molecule has 2 aliphatic rings. The summed E-state index contributed by atoms with van der Waals surface area (Å²) in [5, 5.41) is 3.12. The molecular weight excluding hydrogens is 176 g/mol. The van der Waals surface area contributed by atoms with Gasteiger partial charge in [0.2, 0.25) is 5.91 Å². The summed E-state index contributed by atoms with van der Waals surface area (Å²) in [6, 6.07) is 0.412. The number of rotatable bonds is 4. The Morgan fingerprint density at radius 1 is 1.21 bits per heavy atom. The second kappa shape index (κ2) is 4.30. The van der Waals surface area contributed by atoms with Gasteiger partial charge in [0.15, 0.2) is 0 Å². The number of amides is 1. The van der Waals surface area contributed by atoms with Crippen LogP contribution in [0.5, 0.6) is 0 Å². The minimum atomic E-state index is 0.259. The van der Waals surface area contributed by atoms with Crippen LogP contribution in [-0.4, -0.2) is 18.5 Å². The molecule has 0 bridgehead atoms. The van der Waals surface area contributed by atoms with E-state index >= 15 is 0 Å². The molecule has 3 heteroatoms. The van der Waals surface area contributed by atoms with Gasteiger partial charge in [0.25, 0.3) is 0 Å². The van der Waals surface area contributed by atoms with Gasteiger partial charge in [-0.3, -0.25) is 4.79 Å². The zero-order valence-corrected chi connectivity index (χ0v) is 8.67.